The van der Waals surface area contributed by atoms with Gasteiger partial charge in [0.2, 0.25) is 0 Å². The molecule has 1 fully saturated rings. The summed E-state index contributed by atoms with van der Waals surface area (Å²) in [6.45, 7) is 11.2. The molecule has 2 heteroatoms. The molecule has 0 aromatic heterocycles. The molecule has 0 atom stereocenters. The van der Waals surface area contributed by atoms with Gasteiger partial charge in [-0.1, -0.05) is 49.6 Å². The van der Waals surface area contributed by atoms with E-state index in [0.29, 0.717) is 0 Å². The van der Waals surface area contributed by atoms with Gasteiger partial charge >= 0.3 is 0 Å². The summed E-state index contributed by atoms with van der Waals surface area (Å²) in [6, 6.07) is 0.782. The van der Waals surface area contributed by atoms with Crippen molar-refractivity contribution in [3.8, 4) is 0 Å². The minimum Gasteiger partial charge on any atom is -0.314 e. The van der Waals surface area contributed by atoms with Gasteiger partial charge in [-0.2, -0.15) is 0 Å². The third-order valence-corrected chi connectivity index (χ3v) is 3.79. The maximum Gasteiger partial charge on any atom is 0.0205 e. The van der Waals surface area contributed by atoms with E-state index in [4.69, 9.17) is 0 Å². The lowest BCUT2D eigenvalue weighted by Gasteiger charge is -2.22. The van der Waals surface area contributed by atoms with Gasteiger partial charge in [-0.15, -0.1) is 0 Å². The second-order valence-corrected chi connectivity index (χ2v) is 6.01. The molecule has 1 saturated carbocycles. The summed E-state index contributed by atoms with van der Waals surface area (Å²) in [6.07, 6.45) is 14.4. The third kappa shape index (κ3) is 8.34. The molecule has 0 aromatic rings. The molecule has 0 radical (unpaired) electrons. The Hall–Kier alpha value is -0.860. The van der Waals surface area contributed by atoms with Crippen molar-refractivity contribution in [2.45, 2.75) is 58.4 Å². The Morgan fingerprint density at radius 3 is 2.50 bits per heavy atom. The van der Waals surface area contributed by atoms with Gasteiger partial charge in [-0.05, 0) is 51.8 Å². The topological polar surface area (TPSA) is 24.1 Å². The van der Waals surface area contributed by atoms with Gasteiger partial charge < -0.3 is 10.6 Å². The molecule has 2 nitrogen and oxygen atoms in total. The Kier molecular flexibility index (Phi) is 9.35. The summed E-state index contributed by atoms with van der Waals surface area (Å²) < 4.78 is 0. The smallest absolute Gasteiger partial charge is 0.0205 e. The molecule has 0 spiro atoms. The molecule has 0 amide bonds. The number of hydrogen-bond donors (Lipinski definition) is 2. The number of rotatable bonds is 9. The van der Waals surface area contributed by atoms with Crippen LogP contribution in [0.15, 0.2) is 36.0 Å². The van der Waals surface area contributed by atoms with Crippen molar-refractivity contribution in [1.29, 1.82) is 0 Å². The maximum atomic E-state index is 3.87. The molecule has 20 heavy (non-hydrogen) atoms. The van der Waals surface area contributed by atoms with Crippen molar-refractivity contribution in [1.82, 2.24) is 10.6 Å². The highest BCUT2D eigenvalue weighted by Crippen LogP contribution is 2.17. The van der Waals surface area contributed by atoms with Crippen molar-refractivity contribution in [3.05, 3.63) is 36.0 Å². The van der Waals surface area contributed by atoms with E-state index in [1.807, 2.05) is 6.08 Å². The van der Waals surface area contributed by atoms with E-state index < -0.39 is 0 Å². The Morgan fingerprint density at radius 2 is 1.85 bits per heavy atom. The second-order valence-electron chi connectivity index (χ2n) is 6.01. The molecule has 0 bridgehead atoms. The Morgan fingerprint density at radius 1 is 1.10 bits per heavy atom. The molecule has 0 unspecified atom stereocenters. The van der Waals surface area contributed by atoms with Crippen molar-refractivity contribution in [2.24, 2.45) is 0 Å². The molecule has 1 rings (SSSR count). The first kappa shape index (κ1) is 17.2. The van der Waals surface area contributed by atoms with Crippen LogP contribution in [0.25, 0.3) is 0 Å². The normalized spacial score (nSPS) is 17.0. The van der Waals surface area contributed by atoms with Crippen LogP contribution in [0.5, 0.6) is 0 Å². The van der Waals surface area contributed by atoms with Crippen LogP contribution in [-0.2, 0) is 0 Å². The van der Waals surface area contributed by atoms with Crippen molar-refractivity contribution in [2.75, 3.05) is 19.6 Å². The van der Waals surface area contributed by atoms with E-state index >= 15 is 0 Å². The molecule has 0 aliphatic heterocycles. The molecule has 1 aliphatic carbocycles. The van der Waals surface area contributed by atoms with Crippen molar-refractivity contribution < 1.29 is 0 Å². The number of nitrogens with one attached hydrogen (secondary N) is 2. The van der Waals surface area contributed by atoms with E-state index in [0.717, 1.165) is 25.7 Å². The van der Waals surface area contributed by atoms with Gasteiger partial charge in [-0.25, -0.2) is 0 Å². The summed E-state index contributed by atoms with van der Waals surface area (Å²) in [7, 11) is 0. The number of allylic oxidation sites excluding steroid dienone is 3. The average Bonchev–Trinajstić information content (AvgIpc) is 2.46. The fraction of sp³-hybridized carbons (Fsp3) is 0.667. The van der Waals surface area contributed by atoms with E-state index in [1.54, 1.807) is 0 Å². The third-order valence-electron chi connectivity index (χ3n) is 3.79. The van der Waals surface area contributed by atoms with Gasteiger partial charge in [0.05, 0.1) is 0 Å². The van der Waals surface area contributed by atoms with Crippen LogP contribution < -0.4 is 10.6 Å². The van der Waals surface area contributed by atoms with Crippen LogP contribution >= 0.6 is 0 Å². The van der Waals surface area contributed by atoms with Crippen LogP contribution in [0.3, 0.4) is 0 Å². The highest BCUT2D eigenvalue weighted by Gasteiger charge is 2.11. The SMILES string of the molecule is C=C/C(=C\C=C(C)C)CNCCCNC1CCCCC1. The highest BCUT2D eigenvalue weighted by atomic mass is 14.9. The van der Waals surface area contributed by atoms with Gasteiger partial charge in [0.1, 0.15) is 0 Å². The largest absolute Gasteiger partial charge is 0.314 e. The van der Waals surface area contributed by atoms with Gasteiger partial charge in [0.15, 0.2) is 0 Å². The molecule has 0 saturated heterocycles. The maximum absolute atomic E-state index is 3.87. The van der Waals surface area contributed by atoms with Crippen LogP contribution in [0.4, 0.5) is 0 Å². The zero-order valence-corrected chi connectivity index (χ0v) is 13.4. The summed E-state index contributed by atoms with van der Waals surface area (Å²) >= 11 is 0. The zero-order chi connectivity index (χ0) is 14.6. The lowest BCUT2D eigenvalue weighted by atomic mass is 9.95. The first-order valence-corrected chi connectivity index (χ1v) is 8.13. The minimum absolute atomic E-state index is 0.782. The molecular weight excluding hydrogens is 244 g/mol. The predicted molar refractivity (Wildman–Crippen MR) is 90.1 cm³/mol. The van der Waals surface area contributed by atoms with E-state index in [2.05, 4.69) is 43.2 Å². The average molecular weight is 276 g/mol. The summed E-state index contributed by atoms with van der Waals surface area (Å²) in [4.78, 5) is 0. The summed E-state index contributed by atoms with van der Waals surface area (Å²) in [5, 5.41) is 7.17. The molecule has 0 aromatic carbocycles. The van der Waals surface area contributed by atoms with Crippen LogP contribution in [0.1, 0.15) is 52.4 Å². The standard InChI is InChI=1S/C18H32N2/c1-4-17(12-11-16(2)3)15-19-13-8-14-20-18-9-6-5-7-10-18/h4,11-12,18-20H,1,5-10,13-15H2,2-3H3/b17-12+. The Balaban J connectivity index is 2.04. The first-order valence-electron chi connectivity index (χ1n) is 8.13. The lowest BCUT2D eigenvalue weighted by Crippen LogP contribution is -2.33. The van der Waals surface area contributed by atoms with Crippen LogP contribution in [-0.4, -0.2) is 25.7 Å². The first-order chi connectivity index (χ1) is 9.72. The van der Waals surface area contributed by atoms with Crippen LogP contribution in [0.2, 0.25) is 0 Å². The van der Waals surface area contributed by atoms with Crippen molar-refractivity contribution in [3.63, 3.8) is 0 Å². The molecule has 0 heterocycles. The van der Waals surface area contributed by atoms with E-state index in [9.17, 15) is 0 Å². The highest BCUT2D eigenvalue weighted by molar-refractivity contribution is 5.24. The lowest BCUT2D eigenvalue weighted by molar-refractivity contribution is 0.371. The van der Waals surface area contributed by atoms with Crippen molar-refractivity contribution >= 4 is 0 Å². The fourth-order valence-corrected chi connectivity index (χ4v) is 2.53. The van der Waals surface area contributed by atoms with Crippen LogP contribution in [0, 0.1) is 0 Å². The van der Waals surface area contributed by atoms with Gasteiger partial charge in [0.25, 0.3) is 0 Å². The molecule has 114 valence electrons. The Bertz CT molecular complexity index is 318. The van der Waals surface area contributed by atoms with E-state index in [1.165, 1.54) is 49.7 Å². The van der Waals surface area contributed by atoms with Gasteiger partial charge in [0, 0.05) is 12.6 Å². The van der Waals surface area contributed by atoms with Gasteiger partial charge in [-0.3, -0.25) is 0 Å². The quantitative estimate of drug-likeness (QED) is 0.492. The predicted octanol–water partition coefficient (Wildman–Crippen LogP) is 3.97. The van der Waals surface area contributed by atoms with E-state index in [-0.39, 0.29) is 0 Å². The monoisotopic (exact) mass is 276 g/mol. The summed E-state index contributed by atoms with van der Waals surface area (Å²) in [5.74, 6) is 0. The Labute approximate surface area is 125 Å². The number of hydrogen-bond acceptors (Lipinski definition) is 2. The zero-order valence-electron chi connectivity index (χ0n) is 13.4. The molecule has 1 aliphatic rings. The molecule has 2 N–H and O–H groups in total. The molecular formula is C18H32N2. The minimum atomic E-state index is 0.782. The fourth-order valence-electron chi connectivity index (χ4n) is 2.53. The summed E-state index contributed by atoms with van der Waals surface area (Å²) in [5.41, 5.74) is 2.58. The second kappa shape index (κ2) is 10.9.